The molecule has 1 heterocycles. The lowest BCUT2D eigenvalue weighted by Gasteiger charge is -2.23. The standard InChI is InChI=1S/C9H14ClN3O/c1-9(2,6-10)12-7-8(14)13(3)5-4-11-7/h4-5H,6H2,1-3H3,(H,11,12). The van der Waals surface area contributed by atoms with Crippen LogP contribution in [0.4, 0.5) is 5.82 Å². The molecule has 0 aliphatic rings. The van der Waals surface area contributed by atoms with Crippen LogP contribution in [0.5, 0.6) is 0 Å². The van der Waals surface area contributed by atoms with Gasteiger partial charge in [0.2, 0.25) is 0 Å². The molecule has 1 rings (SSSR count). The van der Waals surface area contributed by atoms with Crippen molar-refractivity contribution in [1.29, 1.82) is 0 Å². The molecule has 0 unspecified atom stereocenters. The second-order valence-corrected chi connectivity index (χ2v) is 4.10. The predicted octanol–water partition coefficient (Wildman–Crippen LogP) is 1.21. The van der Waals surface area contributed by atoms with Crippen molar-refractivity contribution in [3.8, 4) is 0 Å². The third-order valence-corrected chi connectivity index (χ3v) is 2.48. The highest BCUT2D eigenvalue weighted by Crippen LogP contribution is 2.10. The van der Waals surface area contributed by atoms with Crippen LogP contribution in [0.15, 0.2) is 17.2 Å². The van der Waals surface area contributed by atoms with Crippen LogP contribution in [-0.2, 0) is 7.05 Å². The molecule has 1 aromatic rings. The van der Waals surface area contributed by atoms with E-state index >= 15 is 0 Å². The molecule has 0 bridgehead atoms. The van der Waals surface area contributed by atoms with Crippen molar-refractivity contribution < 1.29 is 0 Å². The van der Waals surface area contributed by atoms with Crippen molar-refractivity contribution >= 4 is 17.4 Å². The molecule has 14 heavy (non-hydrogen) atoms. The van der Waals surface area contributed by atoms with Crippen LogP contribution < -0.4 is 10.9 Å². The van der Waals surface area contributed by atoms with Gasteiger partial charge >= 0.3 is 0 Å². The second kappa shape index (κ2) is 4.00. The fourth-order valence-electron chi connectivity index (χ4n) is 0.938. The van der Waals surface area contributed by atoms with Crippen molar-refractivity contribution in [1.82, 2.24) is 9.55 Å². The largest absolute Gasteiger partial charge is 0.359 e. The Morgan fingerprint density at radius 3 is 2.86 bits per heavy atom. The molecule has 4 nitrogen and oxygen atoms in total. The molecule has 1 N–H and O–H groups in total. The number of nitrogens with one attached hydrogen (secondary N) is 1. The van der Waals surface area contributed by atoms with Gasteiger partial charge in [0.05, 0.1) is 0 Å². The lowest BCUT2D eigenvalue weighted by molar-refractivity contribution is 0.633. The number of aromatic nitrogens is 2. The number of halogens is 1. The molecule has 0 aromatic carbocycles. The Morgan fingerprint density at radius 1 is 1.64 bits per heavy atom. The average molecular weight is 216 g/mol. The van der Waals surface area contributed by atoms with Crippen molar-refractivity contribution in [3.63, 3.8) is 0 Å². The Labute approximate surface area is 87.9 Å². The van der Waals surface area contributed by atoms with Gasteiger partial charge in [0.1, 0.15) is 0 Å². The highest BCUT2D eigenvalue weighted by Gasteiger charge is 2.17. The second-order valence-electron chi connectivity index (χ2n) is 3.83. The quantitative estimate of drug-likeness (QED) is 0.772. The van der Waals surface area contributed by atoms with Gasteiger partial charge in [-0.3, -0.25) is 4.79 Å². The van der Waals surface area contributed by atoms with Crippen LogP contribution in [0.2, 0.25) is 0 Å². The van der Waals surface area contributed by atoms with Gasteiger partial charge in [-0.2, -0.15) is 0 Å². The number of hydrogen-bond donors (Lipinski definition) is 1. The summed E-state index contributed by atoms with van der Waals surface area (Å²) in [7, 11) is 1.68. The summed E-state index contributed by atoms with van der Waals surface area (Å²) < 4.78 is 1.47. The van der Waals surface area contributed by atoms with E-state index in [1.54, 1.807) is 19.4 Å². The number of aryl methyl sites for hydroxylation is 1. The molecular weight excluding hydrogens is 202 g/mol. The van der Waals surface area contributed by atoms with Gasteiger partial charge in [-0.1, -0.05) is 0 Å². The summed E-state index contributed by atoms with van der Waals surface area (Å²) in [6.45, 7) is 3.82. The van der Waals surface area contributed by atoms with Crippen LogP contribution in [0.25, 0.3) is 0 Å². The molecule has 0 saturated heterocycles. The zero-order chi connectivity index (χ0) is 10.8. The lowest BCUT2D eigenvalue weighted by Crippen LogP contribution is -2.36. The summed E-state index contributed by atoms with van der Waals surface area (Å²) in [6.07, 6.45) is 3.19. The molecule has 0 atom stereocenters. The molecule has 0 aliphatic heterocycles. The van der Waals surface area contributed by atoms with Crippen LogP contribution in [-0.4, -0.2) is 21.0 Å². The fourth-order valence-corrected chi connectivity index (χ4v) is 1.00. The molecule has 0 spiro atoms. The number of hydrogen-bond acceptors (Lipinski definition) is 3. The van der Waals surface area contributed by atoms with Crippen LogP contribution >= 0.6 is 11.6 Å². The van der Waals surface area contributed by atoms with Gasteiger partial charge in [0.25, 0.3) is 5.56 Å². The summed E-state index contributed by atoms with van der Waals surface area (Å²) in [6, 6.07) is 0. The van der Waals surface area contributed by atoms with Crippen LogP contribution in [0.1, 0.15) is 13.8 Å². The van der Waals surface area contributed by atoms with Crippen LogP contribution in [0, 0.1) is 0 Å². The smallest absolute Gasteiger partial charge is 0.293 e. The third-order valence-electron chi connectivity index (χ3n) is 1.81. The minimum Gasteiger partial charge on any atom is -0.359 e. The zero-order valence-electron chi connectivity index (χ0n) is 8.54. The van der Waals surface area contributed by atoms with Crippen molar-refractivity contribution in [2.75, 3.05) is 11.2 Å². The average Bonchev–Trinajstić information content (AvgIpc) is 2.13. The van der Waals surface area contributed by atoms with Gasteiger partial charge in [0, 0.05) is 30.9 Å². The van der Waals surface area contributed by atoms with E-state index in [2.05, 4.69) is 10.3 Å². The van der Waals surface area contributed by atoms with Crippen molar-refractivity contribution in [2.24, 2.45) is 7.05 Å². The summed E-state index contributed by atoms with van der Waals surface area (Å²) in [5.41, 5.74) is -0.479. The summed E-state index contributed by atoms with van der Waals surface area (Å²) in [4.78, 5) is 15.5. The molecule has 0 saturated carbocycles. The van der Waals surface area contributed by atoms with Gasteiger partial charge < -0.3 is 9.88 Å². The highest BCUT2D eigenvalue weighted by molar-refractivity contribution is 6.18. The predicted molar refractivity (Wildman–Crippen MR) is 57.9 cm³/mol. The van der Waals surface area contributed by atoms with Crippen molar-refractivity contribution in [2.45, 2.75) is 19.4 Å². The normalized spacial score (nSPS) is 11.4. The van der Waals surface area contributed by atoms with Crippen LogP contribution in [0.3, 0.4) is 0 Å². The third kappa shape index (κ3) is 2.48. The molecule has 0 amide bonds. The Kier molecular flexibility index (Phi) is 3.16. The summed E-state index contributed by atoms with van der Waals surface area (Å²) in [5.74, 6) is 0.743. The number of alkyl halides is 1. The monoisotopic (exact) mass is 215 g/mol. The van der Waals surface area contributed by atoms with E-state index in [4.69, 9.17) is 11.6 Å². The van der Waals surface area contributed by atoms with E-state index in [9.17, 15) is 4.79 Å². The Balaban J connectivity index is 2.99. The molecular formula is C9H14ClN3O. The maximum atomic E-state index is 11.6. The number of rotatable bonds is 3. The highest BCUT2D eigenvalue weighted by atomic mass is 35.5. The van der Waals surface area contributed by atoms with E-state index < -0.39 is 0 Å². The first kappa shape index (κ1) is 11.0. The molecule has 5 heteroatoms. The molecule has 0 radical (unpaired) electrons. The van der Waals surface area contributed by atoms with Gasteiger partial charge in [-0.05, 0) is 13.8 Å². The fraction of sp³-hybridized carbons (Fsp3) is 0.556. The molecule has 78 valence electrons. The van der Waals surface area contributed by atoms with Gasteiger partial charge in [0.15, 0.2) is 5.82 Å². The maximum absolute atomic E-state index is 11.6. The molecule has 0 fully saturated rings. The summed E-state index contributed by atoms with van der Waals surface area (Å²) >= 11 is 5.74. The Morgan fingerprint density at radius 2 is 2.29 bits per heavy atom. The van der Waals surface area contributed by atoms with E-state index in [0.717, 1.165) is 0 Å². The first-order valence-corrected chi connectivity index (χ1v) is 4.85. The first-order chi connectivity index (χ1) is 6.46. The Bertz CT molecular complexity index is 373. The van der Waals surface area contributed by atoms with E-state index in [0.29, 0.717) is 11.7 Å². The molecule has 0 aliphatic carbocycles. The molecule has 1 aromatic heterocycles. The van der Waals surface area contributed by atoms with Gasteiger partial charge in [-0.25, -0.2) is 4.98 Å². The number of nitrogens with zero attached hydrogens (tertiary/aromatic N) is 2. The van der Waals surface area contributed by atoms with Gasteiger partial charge in [-0.15, -0.1) is 11.6 Å². The SMILES string of the molecule is Cn1ccnc(NC(C)(C)CCl)c1=O. The zero-order valence-corrected chi connectivity index (χ0v) is 9.30. The number of anilines is 1. The Hall–Kier alpha value is -1.03. The minimum absolute atomic E-state index is 0.148. The first-order valence-electron chi connectivity index (χ1n) is 4.32. The minimum atomic E-state index is -0.331. The lowest BCUT2D eigenvalue weighted by atomic mass is 10.1. The summed E-state index contributed by atoms with van der Waals surface area (Å²) in [5, 5.41) is 3.00. The van der Waals surface area contributed by atoms with E-state index in [1.807, 2.05) is 13.8 Å². The topological polar surface area (TPSA) is 46.9 Å². The van der Waals surface area contributed by atoms with Crippen molar-refractivity contribution in [3.05, 3.63) is 22.7 Å². The van der Waals surface area contributed by atoms with E-state index in [1.165, 1.54) is 4.57 Å². The van der Waals surface area contributed by atoms with E-state index in [-0.39, 0.29) is 11.1 Å². The maximum Gasteiger partial charge on any atom is 0.293 e.